The SMILES string of the molecule is CCOc1c(O)cc2sccc2c1N. The molecule has 0 fully saturated rings. The van der Waals surface area contributed by atoms with Gasteiger partial charge < -0.3 is 15.6 Å². The number of benzene rings is 1. The Bertz CT molecular complexity index is 464. The molecule has 0 bridgehead atoms. The van der Waals surface area contributed by atoms with Gasteiger partial charge in [0.1, 0.15) is 0 Å². The summed E-state index contributed by atoms with van der Waals surface area (Å²) >= 11 is 1.55. The molecule has 4 heteroatoms. The fraction of sp³-hybridized carbons (Fsp3) is 0.200. The maximum absolute atomic E-state index is 9.64. The molecule has 0 aliphatic rings. The lowest BCUT2D eigenvalue weighted by molar-refractivity contribution is 0.320. The first-order chi connectivity index (χ1) is 6.74. The fourth-order valence-electron chi connectivity index (χ4n) is 1.40. The Hall–Kier alpha value is -1.42. The Morgan fingerprint density at radius 1 is 1.57 bits per heavy atom. The summed E-state index contributed by atoms with van der Waals surface area (Å²) in [5.74, 6) is 0.498. The van der Waals surface area contributed by atoms with Crippen LogP contribution in [0.4, 0.5) is 5.69 Å². The summed E-state index contributed by atoms with van der Waals surface area (Å²) in [6.07, 6.45) is 0. The van der Waals surface area contributed by atoms with Gasteiger partial charge in [0.2, 0.25) is 0 Å². The van der Waals surface area contributed by atoms with Crippen LogP contribution < -0.4 is 10.5 Å². The van der Waals surface area contributed by atoms with Crippen LogP contribution in [0.5, 0.6) is 11.5 Å². The van der Waals surface area contributed by atoms with Crippen LogP contribution in [-0.2, 0) is 0 Å². The van der Waals surface area contributed by atoms with E-state index in [1.165, 1.54) is 0 Å². The number of aromatic hydroxyl groups is 1. The molecule has 3 N–H and O–H groups in total. The van der Waals surface area contributed by atoms with Gasteiger partial charge >= 0.3 is 0 Å². The average Bonchev–Trinajstić information content (AvgIpc) is 2.60. The molecule has 0 amide bonds. The Kier molecular flexibility index (Phi) is 2.21. The lowest BCUT2D eigenvalue weighted by atomic mass is 10.2. The summed E-state index contributed by atoms with van der Waals surface area (Å²) in [6.45, 7) is 2.35. The Morgan fingerprint density at radius 3 is 3.07 bits per heavy atom. The van der Waals surface area contributed by atoms with Gasteiger partial charge in [-0.3, -0.25) is 0 Å². The summed E-state index contributed by atoms with van der Waals surface area (Å²) in [5.41, 5.74) is 6.39. The molecule has 0 radical (unpaired) electrons. The van der Waals surface area contributed by atoms with Gasteiger partial charge in [0.25, 0.3) is 0 Å². The second-order valence-corrected chi connectivity index (χ2v) is 3.85. The van der Waals surface area contributed by atoms with Crippen LogP contribution in [0.3, 0.4) is 0 Å². The third-order valence-corrected chi connectivity index (χ3v) is 2.88. The second-order valence-electron chi connectivity index (χ2n) is 2.90. The zero-order chi connectivity index (χ0) is 10.1. The maximum atomic E-state index is 9.64. The maximum Gasteiger partial charge on any atom is 0.184 e. The molecule has 1 aromatic heterocycles. The molecule has 0 atom stereocenters. The van der Waals surface area contributed by atoms with E-state index in [1.807, 2.05) is 18.4 Å². The topological polar surface area (TPSA) is 55.5 Å². The number of phenols is 1. The summed E-state index contributed by atoms with van der Waals surface area (Å²) in [6, 6.07) is 3.61. The first-order valence-corrected chi connectivity index (χ1v) is 5.23. The highest BCUT2D eigenvalue weighted by Crippen LogP contribution is 2.40. The van der Waals surface area contributed by atoms with Crippen LogP contribution in [0.25, 0.3) is 10.1 Å². The minimum atomic E-state index is 0.110. The number of hydrogen-bond donors (Lipinski definition) is 2. The lowest BCUT2D eigenvalue weighted by Gasteiger charge is -2.09. The smallest absolute Gasteiger partial charge is 0.184 e. The van der Waals surface area contributed by atoms with Gasteiger partial charge in [-0.15, -0.1) is 11.3 Å². The number of fused-ring (bicyclic) bond motifs is 1. The van der Waals surface area contributed by atoms with Crippen molar-refractivity contribution < 1.29 is 9.84 Å². The van der Waals surface area contributed by atoms with Crippen molar-refractivity contribution in [2.24, 2.45) is 0 Å². The van der Waals surface area contributed by atoms with Crippen molar-refractivity contribution in [3.8, 4) is 11.5 Å². The molecule has 0 saturated carbocycles. The van der Waals surface area contributed by atoms with Crippen LogP contribution in [0.1, 0.15) is 6.92 Å². The molecular formula is C10H11NO2S. The van der Waals surface area contributed by atoms with Gasteiger partial charge in [-0.25, -0.2) is 0 Å². The highest BCUT2D eigenvalue weighted by molar-refractivity contribution is 7.17. The predicted molar refractivity (Wildman–Crippen MR) is 59.1 cm³/mol. The molecule has 0 spiro atoms. The van der Waals surface area contributed by atoms with Crippen LogP contribution >= 0.6 is 11.3 Å². The Balaban J connectivity index is 2.69. The quantitative estimate of drug-likeness (QED) is 0.747. The van der Waals surface area contributed by atoms with Gasteiger partial charge in [-0.1, -0.05) is 0 Å². The van der Waals surface area contributed by atoms with E-state index in [1.54, 1.807) is 17.4 Å². The molecular weight excluding hydrogens is 198 g/mol. The molecule has 1 aromatic carbocycles. The number of phenolic OH excluding ortho intramolecular Hbond substituents is 1. The van der Waals surface area contributed by atoms with Gasteiger partial charge in [-0.2, -0.15) is 0 Å². The van der Waals surface area contributed by atoms with Crippen molar-refractivity contribution in [1.29, 1.82) is 0 Å². The highest BCUT2D eigenvalue weighted by atomic mass is 32.1. The van der Waals surface area contributed by atoms with E-state index in [9.17, 15) is 5.11 Å². The predicted octanol–water partition coefficient (Wildman–Crippen LogP) is 2.59. The number of hydrogen-bond acceptors (Lipinski definition) is 4. The first kappa shape index (κ1) is 9.15. The van der Waals surface area contributed by atoms with Crippen molar-refractivity contribution in [3.63, 3.8) is 0 Å². The number of nitrogen functional groups attached to an aromatic ring is 1. The van der Waals surface area contributed by atoms with Crippen molar-refractivity contribution in [1.82, 2.24) is 0 Å². The number of ether oxygens (including phenoxy) is 1. The molecule has 0 saturated heterocycles. The van der Waals surface area contributed by atoms with E-state index < -0.39 is 0 Å². The highest BCUT2D eigenvalue weighted by Gasteiger charge is 2.11. The zero-order valence-corrected chi connectivity index (χ0v) is 8.60. The van der Waals surface area contributed by atoms with Crippen LogP contribution in [0.15, 0.2) is 17.5 Å². The third kappa shape index (κ3) is 1.28. The standard InChI is InChI=1S/C10H11NO2S/c1-2-13-10-7(12)5-8-6(9(10)11)3-4-14-8/h3-5,12H,2,11H2,1H3. The monoisotopic (exact) mass is 209 g/mol. The minimum Gasteiger partial charge on any atom is -0.504 e. The molecule has 2 aromatic rings. The average molecular weight is 209 g/mol. The summed E-state index contributed by atoms with van der Waals surface area (Å²) < 4.78 is 6.25. The van der Waals surface area contributed by atoms with E-state index in [0.29, 0.717) is 18.0 Å². The van der Waals surface area contributed by atoms with E-state index in [0.717, 1.165) is 10.1 Å². The molecule has 3 nitrogen and oxygen atoms in total. The largest absolute Gasteiger partial charge is 0.504 e. The summed E-state index contributed by atoms with van der Waals surface area (Å²) in [4.78, 5) is 0. The van der Waals surface area contributed by atoms with Crippen molar-refractivity contribution in [2.45, 2.75) is 6.92 Å². The molecule has 0 aliphatic heterocycles. The van der Waals surface area contributed by atoms with E-state index in [2.05, 4.69) is 0 Å². The van der Waals surface area contributed by atoms with E-state index >= 15 is 0 Å². The normalized spacial score (nSPS) is 10.6. The van der Waals surface area contributed by atoms with Gasteiger partial charge in [0.05, 0.1) is 12.3 Å². The van der Waals surface area contributed by atoms with E-state index in [-0.39, 0.29) is 5.75 Å². The minimum absolute atomic E-state index is 0.110. The van der Waals surface area contributed by atoms with Crippen molar-refractivity contribution in [2.75, 3.05) is 12.3 Å². The molecule has 74 valence electrons. The second kappa shape index (κ2) is 3.38. The Morgan fingerprint density at radius 2 is 2.36 bits per heavy atom. The summed E-state index contributed by atoms with van der Waals surface area (Å²) in [5, 5.41) is 12.5. The van der Waals surface area contributed by atoms with Gasteiger partial charge in [0.15, 0.2) is 11.5 Å². The zero-order valence-electron chi connectivity index (χ0n) is 7.78. The molecule has 14 heavy (non-hydrogen) atoms. The lowest BCUT2D eigenvalue weighted by Crippen LogP contribution is -1.97. The number of anilines is 1. The number of nitrogens with two attached hydrogens (primary N) is 1. The number of rotatable bonds is 2. The van der Waals surface area contributed by atoms with Crippen molar-refractivity contribution >= 4 is 27.1 Å². The summed E-state index contributed by atoms with van der Waals surface area (Å²) in [7, 11) is 0. The molecule has 0 unspecified atom stereocenters. The Labute approximate surface area is 85.7 Å². The molecule has 2 rings (SSSR count). The number of thiophene rings is 1. The van der Waals surface area contributed by atoms with Crippen LogP contribution in [0.2, 0.25) is 0 Å². The third-order valence-electron chi connectivity index (χ3n) is 2.02. The van der Waals surface area contributed by atoms with E-state index in [4.69, 9.17) is 10.5 Å². The first-order valence-electron chi connectivity index (χ1n) is 4.35. The fourth-order valence-corrected chi connectivity index (χ4v) is 2.24. The van der Waals surface area contributed by atoms with Crippen LogP contribution in [-0.4, -0.2) is 11.7 Å². The van der Waals surface area contributed by atoms with Crippen molar-refractivity contribution in [3.05, 3.63) is 17.5 Å². The van der Waals surface area contributed by atoms with Gasteiger partial charge in [0, 0.05) is 16.2 Å². The molecule has 1 heterocycles. The molecule has 0 aliphatic carbocycles. The van der Waals surface area contributed by atoms with Gasteiger partial charge in [-0.05, 0) is 18.4 Å². The van der Waals surface area contributed by atoms with Crippen LogP contribution in [0, 0.1) is 0 Å².